The molecule has 6 heteroatoms. The Hall–Kier alpha value is -0.910. The van der Waals surface area contributed by atoms with Crippen LogP contribution in [0.5, 0.6) is 0 Å². The Morgan fingerprint density at radius 2 is 2.27 bits per heavy atom. The Bertz CT molecular complexity index is 272. The molecule has 0 aliphatic carbocycles. The summed E-state index contributed by atoms with van der Waals surface area (Å²) < 4.78 is 4.87. The van der Waals surface area contributed by atoms with Crippen molar-refractivity contribution in [3.63, 3.8) is 0 Å². The van der Waals surface area contributed by atoms with E-state index in [-0.39, 0.29) is 12.4 Å². The number of hydrogen-bond donors (Lipinski definition) is 1. The highest BCUT2D eigenvalue weighted by Crippen LogP contribution is 2.38. The molecule has 0 aromatic rings. The first-order valence-corrected chi connectivity index (χ1v) is 5.85. The predicted octanol–water partition coefficient (Wildman–Crippen LogP) is 0.783. The molecule has 15 heavy (non-hydrogen) atoms. The van der Waals surface area contributed by atoms with Crippen molar-refractivity contribution in [3.05, 3.63) is 0 Å². The van der Waals surface area contributed by atoms with Crippen molar-refractivity contribution >= 4 is 23.8 Å². The first-order valence-electron chi connectivity index (χ1n) is 4.86. The number of hydrogen-bond acceptors (Lipinski definition) is 4. The maximum atomic E-state index is 11.4. The minimum Gasteiger partial charge on any atom is -0.466 e. The fourth-order valence-corrected chi connectivity index (χ4v) is 2.91. The summed E-state index contributed by atoms with van der Waals surface area (Å²) in [5.74, 6) is 0.513. The lowest BCUT2D eigenvalue weighted by molar-refractivity contribution is -0.144. The number of carbonyl (C=O) groups excluding carboxylic acids is 2. The number of esters is 1. The number of primary amides is 1. The van der Waals surface area contributed by atoms with Gasteiger partial charge in [-0.15, -0.1) is 11.8 Å². The molecular weight excluding hydrogens is 216 g/mol. The summed E-state index contributed by atoms with van der Waals surface area (Å²) in [7, 11) is 0. The van der Waals surface area contributed by atoms with E-state index in [4.69, 9.17) is 10.5 Å². The Balaban J connectivity index is 2.64. The van der Waals surface area contributed by atoms with Crippen LogP contribution in [0.15, 0.2) is 0 Å². The lowest BCUT2D eigenvalue weighted by atomic mass is 10.2. The smallest absolute Gasteiger partial charge is 0.315 e. The number of rotatable bonds is 3. The molecule has 2 amide bonds. The monoisotopic (exact) mass is 232 g/mol. The second kappa shape index (κ2) is 4.74. The molecule has 0 aromatic carbocycles. The van der Waals surface area contributed by atoms with Crippen LogP contribution in [-0.2, 0) is 9.53 Å². The van der Waals surface area contributed by atoms with E-state index >= 15 is 0 Å². The zero-order valence-electron chi connectivity index (χ0n) is 8.99. The minimum absolute atomic E-state index is 0.189. The molecule has 1 aliphatic heterocycles. The number of urea groups is 1. The minimum atomic E-state index is -0.544. The first kappa shape index (κ1) is 12.2. The van der Waals surface area contributed by atoms with E-state index in [1.165, 1.54) is 4.90 Å². The second-order valence-corrected chi connectivity index (χ2v) is 5.07. The fraction of sp³-hybridized carbons (Fsp3) is 0.778. The SMILES string of the molecule is CCOC(=O)C[C@@]1(C)SCCN1C(N)=O. The zero-order valence-corrected chi connectivity index (χ0v) is 9.80. The van der Waals surface area contributed by atoms with Crippen molar-refractivity contribution in [1.29, 1.82) is 0 Å². The van der Waals surface area contributed by atoms with Gasteiger partial charge in [0.1, 0.15) is 0 Å². The molecule has 5 nitrogen and oxygen atoms in total. The summed E-state index contributed by atoms with van der Waals surface area (Å²) >= 11 is 1.56. The van der Waals surface area contributed by atoms with Crippen molar-refractivity contribution in [2.75, 3.05) is 18.9 Å². The Morgan fingerprint density at radius 3 is 2.80 bits per heavy atom. The zero-order chi connectivity index (χ0) is 11.5. The average molecular weight is 232 g/mol. The summed E-state index contributed by atoms with van der Waals surface area (Å²) in [6.07, 6.45) is 0.189. The van der Waals surface area contributed by atoms with Crippen LogP contribution in [0.3, 0.4) is 0 Å². The van der Waals surface area contributed by atoms with Gasteiger partial charge in [0.15, 0.2) is 0 Å². The average Bonchev–Trinajstić information content (AvgIpc) is 2.47. The van der Waals surface area contributed by atoms with Gasteiger partial charge in [-0.3, -0.25) is 4.79 Å². The van der Waals surface area contributed by atoms with E-state index in [0.717, 1.165) is 5.75 Å². The summed E-state index contributed by atoms with van der Waals surface area (Å²) in [4.78, 5) is 23.5. The molecule has 0 saturated carbocycles. The van der Waals surface area contributed by atoms with E-state index in [0.29, 0.717) is 13.2 Å². The Labute approximate surface area is 93.3 Å². The van der Waals surface area contributed by atoms with Crippen molar-refractivity contribution in [2.45, 2.75) is 25.1 Å². The molecule has 0 aromatic heterocycles. The van der Waals surface area contributed by atoms with Gasteiger partial charge in [-0.2, -0.15) is 0 Å². The lowest BCUT2D eigenvalue weighted by Crippen LogP contribution is -2.47. The predicted molar refractivity (Wildman–Crippen MR) is 58.4 cm³/mol. The molecular formula is C9H16N2O3S. The molecule has 0 unspecified atom stereocenters. The van der Waals surface area contributed by atoms with Crippen molar-refractivity contribution < 1.29 is 14.3 Å². The van der Waals surface area contributed by atoms with E-state index in [1.54, 1.807) is 18.7 Å². The summed E-state index contributed by atoms with van der Waals surface area (Å²) in [5.41, 5.74) is 5.24. The van der Waals surface area contributed by atoms with Crippen LogP contribution in [0.2, 0.25) is 0 Å². The lowest BCUT2D eigenvalue weighted by Gasteiger charge is -2.31. The van der Waals surface area contributed by atoms with Crippen LogP contribution >= 0.6 is 11.8 Å². The summed E-state index contributed by atoms with van der Waals surface area (Å²) in [5, 5.41) is 0. The molecule has 1 fully saturated rings. The fourth-order valence-electron chi connectivity index (χ4n) is 1.64. The third kappa shape index (κ3) is 2.77. The summed E-state index contributed by atoms with van der Waals surface area (Å²) in [6.45, 7) is 4.55. The molecule has 0 radical (unpaired) electrons. The van der Waals surface area contributed by atoms with Gasteiger partial charge in [0.05, 0.1) is 17.9 Å². The van der Waals surface area contributed by atoms with Gasteiger partial charge in [0, 0.05) is 12.3 Å². The van der Waals surface area contributed by atoms with Gasteiger partial charge in [0.25, 0.3) is 0 Å². The van der Waals surface area contributed by atoms with Crippen LogP contribution in [0.4, 0.5) is 4.79 Å². The van der Waals surface area contributed by atoms with Crippen LogP contribution in [0.1, 0.15) is 20.3 Å². The molecule has 0 bridgehead atoms. The normalized spacial score (nSPS) is 25.3. The first-order chi connectivity index (χ1) is 6.99. The highest BCUT2D eigenvalue weighted by Gasteiger charge is 2.41. The molecule has 86 valence electrons. The molecule has 0 spiro atoms. The molecule has 1 atom stereocenters. The van der Waals surface area contributed by atoms with Crippen molar-refractivity contribution in [1.82, 2.24) is 4.90 Å². The van der Waals surface area contributed by atoms with Gasteiger partial charge in [-0.25, -0.2) is 4.79 Å². The largest absolute Gasteiger partial charge is 0.466 e. The van der Waals surface area contributed by atoms with Gasteiger partial charge in [-0.1, -0.05) is 0 Å². The Kier molecular flexibility index (Phi) is 3.84. The van der Waals surface area contributed by atoms with E-state index < -0.39 is 10.9 Å². The maximum absolute atomic E-state index is 11.4. The molecule has 1 rings (SSSR count). The standard InChI is InChI=1S/C9H16N2O3S/c1-3-14-7(12)6-9(2)11(8(10)13)4-5-15-9/h3-6H2,1-2H3,(H2,10,13)/t9-/m1/s1. The summed E-state index contributed by atoms with van der Waals surface area (Å²) in [6, 6.07) is -0.480. The Morgan fingerprint density at radius 1 is 1.60 bits per heavy atom. The number of thioether (sulfide) groups is 1. The van der Waals surface area contributed by atoms with Crippen LogP contribution in [0.25, 0.3) is 0 Å². The third-order valence-corrected chi connectivity index (χ3v) is 3.72. The highest BCUT2D eigenvalue weighted by molar-refractivity contribution is 8.00. The molecule has 2 N–H and O–H groups in total. The van der Waals surface area contributed by atoms with Crippen molar-refractivity contribution in [3.8, 4) is 0 Å². The van der Waals surface area contributed by atoms with E-state index in [1.807, 2.05) is 6.92 Å². The van der Waals surface area contributed by atoms with E-state index in [9.17, 15) is 9.59 Å². The molecule has 1 heterocycles. The topological polar surface area (TPSA) is 72.6 Å². The van der Waals surface area contributed by atoms with Gasteiger partial charge < -0.3 is 15.4 Å². The number of nitrogens with zero attached hydrogens (tertiary/aromatic N) is 1. The number of ether oxygens (including phenoxy) is 1. The maximum Gasteiger partial charge on any atom is 0.315 e. The quantitative estimate of drug-likeness (QED) is 0.730. The van der Waals surface area contributed by atoms with Gasteiger partial charge in [-0.05, 0) is 13.8 Å². The molecule has 1 saturated heterocycles. The van der Waals surface area contributed by atoms with Crippen LogP contribution < -0.4 is 5.73 Å². The highest BCUT2D eigenvalue weighted by atomic mass is 32.2. The van der Waals surface area contributed by atoms with Gasteiger partial charge in [0.2, 0.25) is 0 Å². The van der Waals surface area contributed by atoms with E-state index in [2.05, 4.69) is 0 Å². The van der Waals surface area contributed by atoms with Crippen molar-refractivity contribution in [2.24, 2.45) is 5.73 Å². The number of amides is 2. The van der Waals surface area contributed by atoms with Gasteiger partial charge >= 0.3 is 12.0 Å². The number of nitrogens with two attached hydrogens (primary N) is 1. The van der Waals surface area contributed by atoms with Crippen LogP contribution in [0, 0.1) is 0 Å². The third-order valence-electron chi connectivity index (χ3n) is 2.34. The van der Waals surface area contributed by atoms with Crippen LogP contribution in [-0.4, -0.2) is 40.7 Å². The number of carbonyl (C=O) groups is 2. The molecule has 1 aliphatic rings. The second-order valence-electron chi connectivity index (χ2n) is 3.50.